The number of hydrogen-bond acceptors (Lipinski definition) is 6. The molecule has 244 valence electrons. The van der Waals surface area contributed by atoms with Gasteiger partial charge in [0.25, 0.3) is 0 Å². The Morgan fingerprint density at radius 1 is 0.955 bits per heavy atom. The van der Waals surface area contributed by atoms with Crippen molar-refractivity contribution in [1.82, 2.24) is 4.31 Å². The van der Waals surface area contributed by atoms with Crippen molar-refractivity contribution in [1.29, 1.82) is 0 Å². The fourth-order valence-corrected chi connectivity index (χ4v) is 7.97. The molecule has 0 fully saturated rings. The molecule has 0 spiro atoms. The van der Waals surface area contributed by atoms with E-state index in [0.717, 1.165) is 9.87 Å². The summed E-state index contributed by atoms with van der Waals surface area (Å²) in [6.45, 7) is 20.9. The van der Waals surface area contributed by atoms with Gasteiger partial charge in [-0.2, -0.15) is 25.9 Å². The zero-order valence-corrected chi connectivity index (χ0v) is 30.3. The lowest BCUT2D eigenvalue weighted by Crippen LogP contribution is -2.41. The van der Waals surface area contributed by atoms with E-state index < -0.39 is 54.3 Å². The molecule has 0 aromatic heterocycles. The quantitative estimate of drug-likeness (QED) is 0.115. The molecular formula is C30H42F3NO6S2Si2. The third-order valence-electron chi connectivity index (χ3n) is 7.32. The minimum atomic E-state index is -6.04. The highest BCUT2D eigenvalue weighted by molar-refractivity contribution is 7.89. The highest BCUT2D eigenvalue weighted by atomic mass is 32.2. The van der Waals surface area contributed by atoms with Gasteiger partial charge in [-0.3, -0.25) is 0 Å². The Labute approximate surface area is 262 Å². The number of alkyl halides is 3. The summed E-state index contributed by atoms with van der Waals surface area (Å²) in [6.07, 6.45) is 0. The molecule has 0 bridgehead atoms. The van der Waals surface area contributed by atoms with Crippen LogP contribution in [0.2, 0.25) is 37.8 Å². The number of para-hydroxylation sites is 1. The lowest BCUT2D eigenvalue weighted by atomic mass is 10.2. The van der Waals surface area contributed by atoms with E-state index in [2.05, 4.69) is 52.3 Å². The number of rotatable bonds is 11. The Morgan fingerprint density at radius 2 is 1.52 bits per heavy atom. The van der Waals surface area contributed by atoms with Gasteiger partial charge < -0.3 is 8.61 Å². The Kier molecular flexibility index (Phi) is 11.6. The van der Waals surface area contributed by atoms with Gasteiger partial charge >= 0.3 is 15.6 Å². The first-order chi connectivity index (χ1) is 19.8. The average molecular weight is 690 g/mol. The van der Waals surface area contributed by atoms with Crippen molar-refractivity contribution in [3.63, 3.8) is 0 Å². The molecule has 0 saturated heterocycles. The van der Waals surface area contributed by atoms with Gasteiger partial charge in [-0.05, 0) is 42.4 Å². The molecule has 2 aromatic rings. The van der Waals surface area contributed by atoms with Gasteiger partial charge in [0.15, 0.2) is 8.32 Å². The molecule has 44 heavy (non-hydrogen) atoms. The van der Waals surface area contributed by atoms with E-state index in [0.29, 0.717) is 5.57 Å². The number of benzene rings is 2. The van der Waals surface area contributed by atoms with E-state index >= 15 is 0 Å². The molecule has 0 saturated carbocycles. The van der Waals surface area contributed by atoms with Crippen LogP contribution in [0.25, 0.3) is 0 Å². The minimum Gasteiger partial charge on any atom is -0.412 e. The fraction of sp³-hybridized carbons (Fsp3) is 0.467. The topological polar surface area (TPSA) is 90.0 Å². The number of halogens is 3. The zero-order valence-electron chi connectivity index (χ0n) is 26.7. The van der Waals surface area contributed by atoms with E-state index in [-0.39, 0.29) is 33.8 Å². The van der Waals surface area contributed by atoms with Crippen LogP contribution in [0.4, 0.5) is 13.2 Å². The predicted molar refractivity (Wildman–Crippen MR) is 174 cm³/mol. The van der Waals surface area contributed by atoms with E-state index in [1.807, 2.05) is 19.6 Å². The Bertz CT molecular complexity index is 1630. The molecule has 0 unspecified atom stereocenters. The van der Waals surface area contributed by atoms with Gasteiger partial charge in [-0.25, -0.2) is 8.42 Å². The van der Waals surface area contributed by atoms with Gasteiger partial charge in [0.05, 0.1) is 26.1 Å². The smallest absolute Gasteiger partial charge is 0.412 e. The molecule has 0 aliphatic heterocycles. The molecule has 7 nitrogen and oxygen atoms in total. The van der Waals surface area contributed by atoms with Crippen molar-refractivity contribution in [2.75, 3.05) is 13.2 Å². The average Bonchev–Trinajstić information content (AvgIpc) is 2.85. The van der Waals surface area contributed by atoms with Gasteiger partial charge in [-0.15, -0.1) is 0 Å². The normalized spacial score (nSPS) is 13.4. The van der Waals surface area contributed by atoms with E-state index in [9.17, 15) is 30.0 Å². The van der Waals surface area contributed by atoms with Crippen LogP contribution in [0.15, 0.2) is 59.5 Å². The lowest BCUT2D eigenvalue weighted by Gasteiger charge is -2.36. The predicted octanol–water partition coefficient (Wildman–Crippen LogP) is 6.54. The SMILES string of the molecule is C=C(C#CCN(Cc1cccc([Si](C)(C)C)c1OS(=O)(=O)C(F)(F)F)S(=O)(=O)c1ccc(C)cc1)CO[Si](C)(C)C(C)(C)C. The van der Waals surface area contributed by atoms with Crippen molar-refractivity contribution in [2.24, 2.45) is 0 Å². The minimum absolute atomic E-state index is 0.0382. The second-order valence-corrected chi connectivity index (χ2v) is 26.4. The molecule has 0 aliphatic carbocycles. The molecule has 0 atom stereocenters. The van der Waals surface area contributed by atoms with Crippen LogP contribution in [0.5, 0.6) is 5.75 Å². The van der Waals surface area contributed by atoms with Crippen molar-refractivity contribution in [3.05, 3.63) is 65.7 Å². The highest BCUT2D eigenvalue weighted by Crippen LogP contribution is 2.36. The summed E-state index contributed by atoms with van der Waals surface area (Å²) in [5.74, 6) is 5.13. The summed E-state index contributed by atoms with van der Waals surface area (Å²) in [6, 6.07) is 10.5. The molecule has 0 amide bonds. The van der Waals surface area contributed by atoms with E-state index in [1.165, 1.54) is 24.3 Å². The summed E-state index contributed by atoms with van der Waals surface area (Å²) in [5, 5.41) is 0.251. The van der Waals surface area contributed by atoms with Crippen LogP contribution in [0.3, 0.4) is 0 Å². The third kappa shape index (κ3) is 9.54. The standard InChI is InChI=1S/C30H42F3NO6S2Si2/c1-23-16-18-26(19-17-23)41(35,36)34(20-12-13-24(2)22-39-44(9,10)29(3,4)5)21-25-14-11-15-27(43(6,7)8)28(25)40-42(37,38)30(31,32)33/h11,14-19H,2,20-22H2,1,3-10H3. The first kappa shape index (κ1) is 37.8. The Morgan fingerprint density at radius 3 is 2.02 bits per heavy atom. The maximum Gasteiger partial charge on any atom is 0.534 e. The maximum atomic E-state index is 13.8. The van der Waals surface area contributed by atoms with Crippen LogP contribution in [0, 0.1) is 18.8 Å². The Hall–Kier alpha value is -2.42. The molecular weight excluding hydrogens is 648 g/mol. The number of hydrogen-bond donors (Lipinski definition) is 0. The molecule has 0 radical (unpaired) electrons. The second kappa shape index (κ2) is 13.5. The van der Waals surface area contributed by atoms with E-state index in [4.69, 9.17) is 8.61 Å². The van der Waals surface area contributed by atoms with Crippen LogP contribution >= 0.6 is 0 Å². The van der Waals surface area contributed by atoms with Crippen LogP contribution in [-0.2, 0) is 31.1 Å². The summed E-state index contributed by atoms with van der Waals surface area (Å²) < 4.78 is 104. The number of aryl methyl sites for hydroxylation is 1. The first-order valence-electron chi connectivity index (χ1n) is 13.8. The van der Waals surface area contributed by atoms with Gasteiger partial charge in [-0.1, -0.05) is 94.7 Å². The van der Waals surface area contributed by atoms with Crippen molar-refractivity contribution >= 4 is 41.7 Å². The highest BCUT2D eigenvalue weighted by Gasteiger charge is 2.49. The molecule has 0 aliphatic rings. The Balaban J connectivity index is 2.59. The fourth-order valence-electron chi connectivity index (χ4n) is 3.60. The second-order valence-electron chi connectivity index (χ2n) is 13.1. The molecule has 0 heterocycles. The van der Waals surface area contributed by atoms with Gasteiger partial charge in [0.1, 0.15) is 5.75 Å². The van der Waals surface area contributed by atoms with E-state index in [1.54, 1.807) is 25.1 Å². The molecule has 0 N–H and O–H groups in total. The van der Waals surface area contributed by atoms with Gasteiger partial charge in [0.2, 0.25) is 10.0 Å². The van der Waals surface area contributed by atoms with Crippen molar-refractivity contribution in [2.45, 2.75) is 82.4 Å². The monoisotopic (exact) mass is 689 g/mol. The van der Waals surface area contributed by atoms with Crippen LogP contribution in [0.1, 0.15) is 31.9 Å². The number of sulfonamides is 1. The zero-order chi connectivity index (χ0) is 33.9. The number of nitrogens with zero attached hydrogens (tertiary/aromatic N) is 1. The molecule has 2 aromatic carbocycles. The van der Waals surface area contributed by atoms with Crippen molar-refractivity contribution < 1.29 is 38.6 Å². The summed E-state index contributed by atoms with van der Waals surface area (Å²) in [5.41, 5.74) is -4.47. The first-order valence-corrected chi connectivity index (χ1v) is 23.1. The summed E-state index contributed by atoms with van der Waals surface area (Å²) in [4.78, 5) is -0.0586. The largest absolute Gasteiger partial charge is 0.534 e. The summed E-state index contributed by atoms with van der Waals surface area (Å²) >= 11 is 0. The van der Waals surface area contributed by atoms with Crippen LogP contribution in [-0.4, -0.2) is 56.2 Å². The molecule has 14 heteroatoms. The van der Waals surface area contributed by atoms with Gasteiger partial charge in [0, 0.05) is 17.7 Å². The van der Waals surface area contributed by atoms with Crippen LogP contribution < -0.4 is 9.37 Å². The molecule has 2 rings (SSSR count). The third-order valence-corrected chi connectivity index (χ3v) is 16.6. The lowest BCUT2D eigenvalue weighted by molar-refractivity contribution is -0.0500. The maximum absolute atomic E-state index is 13.8. The summed E-state index contributed by atoms with van der Waals surface area (Å²) in [7, 11) is -14.9. The van der Waals surface area contributed by atoms with Crippen molar-refractivity contribution in [3.8, 4) is 17.6 Å².